The average molecular weight is 538 g/mol. The van der Waals surface area contributed by atoms with E-state index in [1.165, 1.54) is 15.2 Å². The van der Waals surface area contributed by atoms with Crippen molar-refractivity contribution < 1.29 is 13.2 Å². The van der Waals surface area contributed by atoms with Crippen LogP contribution in [-0.2, 0) is 14.8 Å². The van der Waals surface area contributed by atoms with Crippen molar-refractivity contribution >= 4 is 39.5 Å². The van der Waals surface area contributed by atoms with E-state index in [0.29, 0.717) is 31.0 Å². The topological polar surface area (TPSA) is 77.1 Å². The van der Waals surface area contributed by atoms with Gasteiger partial charge >= 0.3 is 0 Å². The van der Waals surface area contributed by atoms with Gasteiger partial charge in [0, 0.05) is 75.1 Å². The summed E-state index contributed by atoms with van der Waals surface area (Å²) in [6, 6.07) is 9.22. The van der Waals surface area contributed by atoms with Gasteiger partial charge in [-0.25, -0.2) is 8.42 Å². The average Bonchev–Trinajstić information content (AvgIpc) is 2.97. The number of piperidine rings is 1. The number of hydrogen-bond acceptors (Lipinski definition) is 6. The van der Waals surface area contributed by atoms with Crippen LogP contribution in [0.1, 0.15) is 39.5 Å². The molecule has 1 aliphatic carbocycles. The van der Waals surface area contributed by atoms with Crippen molar-refractivity contribution in [1.29, 1.82) is 0 Å². The third kappa shape index (κ3) is 5.31. The van der Waals surface area contributed by atoms with Crippen LogP contribution >= 0.6 is 0 Å². The number of rotatable bonds is 7. The van der Waals surface area contributed by atoms with Crippen LogP contribution in [0.3, 0.4) is 0 Å². The highest BCUT2D eigenvalue weighted by Gasteiger charge is 2.36. The van der Waals surface area contributed by atoms with Crippen LogP contribution in [0.15, 0.2) is 41.4 Å². The summed E-state index contributed by atoms with van der Waals surface area (Å²) in [6.07, 6.45) is 9.82. The number of sulfonamides is 1. The number of hydrogen-bond donors (Lipinski definition) is 0. The summed E-state index contributed by atoms with van der Waals surface area (Å²) >= 11 is 0. The lowest BCUT2D eigenvalue weighted by molar-refractivity contribution is -0.137. The second kappa shape index (κ2) is 11.5. The molecule has 0 N–H and O–H groups in total. The second-order valence-corrected chi connectivity index (χ2v) is 12.2. The quantitative estimate of drug-likeness (QED) is 0.538. The molecule has 2 aromatic rings. The molecule has 9 heteroatoms. The van der Waals surface area contributed by atoms with Crippen LogP contribution in [0.5, 0.6) is 0 Å². The Morgan fingerprint density at radius 3 is 2.39 bits per heavy atom. The number of carbonyl (C=O) groups excluding carboxylic acids is 1. The number of fused-ring (bicyclic) bond motifs is 1. The van der Waals surface area contributed by atoms with Crippen molar-refractivity contribution in [3.05, 3.63) is 47.1 Å². The molecule has 1 atom stereocenters. The lowest BCUT2D eigenvalue weighted by Gasteiger charge is -2.39. The minimum Gasteiger partial charge on any atom is -0.372 e. The van der Waals surface area contributed by atoms with Crippen molar-refractivity contribution in [1.82, 2.24) is 14.2 Å². The first-order valence-corrected chi connectivity index (χ1v) is 15.4. The molecule has 38 heavy (non-hydrogen) atoms. The van der Waals surface area contributed by atoms with E-state index in [-0.39, 0.29) is 18.4 Å². The summed E-state index contributed by atoms with van der Waals surface area (Å²) in [5.41, 5.74) is 2.21. The fourth-order valence-corrected chi connectivity index (χ4v) is 7.45. The van der Waals surface area contributed by atoms with Gasteiger partial charge in [-0.2, -0.15) is 4.31 Å². The summed E-state index contributed by atoms with van der Waals surface area (Å²) in [4.78, 5) is 24.8. The summed E-state index contributed by atoms with van der Waals surface area (Å²) in [6.45, 7) is 9.45. The third-order valence-electron chi connectivity index (χ3n) is 8.12. The van der Waals surface area contributed by atoms with Crippen molar-refractivity contribution in [3.63, 3.8) is 0 Å². The number of nitrogens with zero attached hydrogens (tertiary/aromatic N) is 5. The van der Waals surface area contributed by atoms with E-state index < -0.39 is 10.0 Å². The molecule has 1 amide bonds. The lowest BCUT2D eigenvalue weighted by Crippen LogP contribution is -2.54. The number of carbonyl (C=O) groups is 1. The first-order valence-electron chi connectivity index (χ1n) is 14.0. The molecule has 3 heterocycles. The minimum absolute atomic E-state index is 0.0816. The molecule has 204 valence electrons. The first kappa shape index (κ1) is 26.7. The molecule has 0 radical (unpaired) electrons. The van der Waals surface area contributed by atoms with Crippen LogP contribution in [0.25, 0.3) is 12.2 Å². The number of piperazine rings is 1. The predicted octanol–water partition coefficient (Wildman–Crippen LogP) is 2.03. The van der Waals surface area contributed by atoms with Gasteiger partial charge in [-0.15, -0.1) is 0 Å². The summed E-state index contributed by atoms with van der Waals surface area (Å²) in [7, 11) is -3.65. The van der Waals surface area contributed by atoms with Gasteiger partial charge in [-0.1, -0.05) is 12.2 Å². The Hall–Kier alpha value is -2.91. The fourth-order valence-electron chi connectivity index (χ4n) is 5.93. The highest BCUT2D eigenvalue weighted by atomic mass is 32.2. The Morgan fingerprint density at radius 2 is 1.68 bits per heavy atom. The molecule has 0 bridgehead atoms. The van der Waals surface area contributed by atoms with Crippen LogP contribution in [0.2, 0.25) is 0 Å². The van der Waals surface area contributed by atoms with Crippen LogP contribution in [0, 0.1) is 5.92 Å². The molecular formula is C29H39N5O3S. The minimum atomic E-state index is -3.65. The maximum absolute atomic E-state index is 13.5. The largest absolute Gasteiger partial charge is 0.372 e. The normalized spacial score (nSPS) is 20.3. The summed E-state index contributed by atoms with van der Waals surface area (Å²) < 4.78 is 28.4. The van der Waals surface area contributed by atoms with Gasteiger partial charge in [0.15, 0.2) is 0 Å². The molecule has 1 unspecified atom stereocenters. The van der Waals surface area contributed by atoms with Gasteiger partial charge in [0.25, 0.3) is 0 Å². The van der Waals surface area contributed by atoms with Crippen molar-refractivity contribution in [3.8, 4) is 0 Å². The molecule has 0 spiro atoms. The molecule has 0 saturated carbocycles. The maximum Gasteiger partial charge on any atom is 0.243 e. The third-order valence-corrected chi connectivity index (χ3v) is 10.00. The zero-order chi connectivity index (χ0) is 26.7. The summed E-state index contributed by atoms with van der Waals surface area (Å²) in [5, 5.41) is 2.26. The molecule has 1 aromatic heterocycles. The Bertz CT molecular complexity index is 1360. The molecule has 2 aliphatic heterocycles. The second-order valence-electron chi connectivity index (χ2n) is 10.3. The van der Waals surface area contributed by atoms with Gasteiger partial charge in [-0.3, -0.25) is 9.78 Å². The van der Waals surface area contributed by atoms with Crippen LogP contribution in [0.4, 0.5) is 11.4 Å². The summed E-state index contributed by atoms with van der Waals surface area (Å²) in [5.74, 6) is -0.213. The molecule has 2 saturated heterocycles. The number of aromatic nitrogens is 1. The Kier molecular flexibility index (Phi) is 8.04. The van der Waals surface area contributed by atoms with E-state index in [2.05, 4.69) is 46.8 Å². The van der Waals surface area contributed by atoms with E-state index >= 15 is 0 Å². The molecule has 5 rings (SSSR count). The first-order chi connectivity index (χ1) is 18.4. The smallest absolute Gasteiger partial charge is 0.243 e. The van der Waals surface area contributed by atoms with Crippen LogP contribution < -0.4 is 20.4 Å². The van der Waals surface area contributed by atoms with E-state index in [4.69, 9.17) is 0 Å². The fraction of sp³-hybridized carbons (Fsp3) is 0.517. The van der Waals surface area contributed by atoms with E-state index in [1.54, 1.807) is 12.1 Å². The Balaban J connectivity index is 1.22. The van der Waals surface area contributed by atoms with E-state index in [9.17, 15) is 13.2 Å². The van der Waals surface area contributed by atoms with Crippen LogP contribution in [-0.4, -0.2) is 80.9 Å². The Morgan fingerprint density at radius 1 is 0.974 bits per heavy atom. The van der Waals surface area contributed by atoms with Gasteiger partial charge in [0.2, 0.25) is 15.9 Å². The molecule has 3 aliphatic rings. The SMILES string of the molecule is CCN(CC)c1ccc(S(=O)(=O)N2CCCC(C(=O)N3CCN(c4ccnc5c4=CCCC=5)CC3)C2)cc1. The standard InChI is InChI=1S/C29H39N5O3S/c1-3-31(4-2)24-11-13-25(14-12-24)38(36,37)34-17-7-8-23(22-34)29(35)33-20-18-32(19-21-33)28-15-16-30-27-10-6-5-9-26(27)28/h9-16,23H,3-8,17-22H2,1-2H3. The van der Waals surface area contributed by atoms with E-state index in [0.717, 1.165) is 56.5 Å². The highest BCUT2D eigenvalue weighted by molar-refractivity contribution is 7.89. The zero-order valence-electron chi connectivity index (χ0n) is 22.6. The number of anilines is 2. The van der Waals surface area contributed by atoms with E-state index in [1.807, 2.05) is 23.2 Å². The lowest BCUT2D eigenvalue weighted by atomic mass is 9.97. The molecule has 2 fully saturated rings. The monoisotopic (exact) mass is 537 g/mol. The molecule has 1 aromatic carbocycles. The van der Waals surface area contributed by atoms with Gasteiger partial charge < -0.3 is 14.7 Å². The number of benzene rings is 1. The highest BCUT2D eigenvalue weighted by Crippen LogP contribution is 2.27. The molecule has 8 nitrogen and oxygen atoms in total. The Labute approximate surface area is 226 Å². The predicted molar refractivity (Wildman–Crippen MR) is 152 cm³/mol. The van der Waals surface area contributed by atoms with Gasteiger partial charge in [0.1, 0.15) is 0 Å². The maximum atomic E-state index is 13.5. The number of amides is 1. The van der Waals surface area contributed by atoms with Crippen molar-refractivity contribution in [2.75, 3.05) is 62.2 Å². The molecular weight excluding hydrogens is 498 g/mol. The zero-order valence-corrected chi connectivity index (χ0v) is 23.4. The number of pyridine rings is 1. The van der Waals surface area contributed by atoms with Crippen molar-refractivity contribution in [2.24, 2.45) is 5.92 Å². The van der Waals surface area contributed by atoms with Crippen molar-refractivity contribution in [2.45, 2.75) is 44.4 Å². The van der Waals surface area contributed by atoms with Gasteiger partial charge in [-0.05, 0) is 69.9 Å². The van der Waals surface area contributed by atoms with Gasteiger partial charge in [0.05, 0.1) is 16.2 Å².